The van der Waals surface area contributed by atoms with Crippen LogP contribution in [-0.2, 0) is 21.2 Å². The van der Waals surface area contributed by atoms with E-state index in [1.807, 2.05) is 25.7 Å². The van der Waals surface area contributed by atoms with E-state index in [0.717, 1.165) is 22.0 Å². The summed E-state index contributed by atoms with van der Waals surface area (Å²) < 4.78 is 88.3. The average Bonchev–Trinajstić information content (AvgIpc) is 3.39. The van der Waals surface area contributed by atoms with E-state index in [4.69, 9.17) is 9.88 Å². The van der Waals surface area contributed by atoms with Gasteiger partial charge in [-0.25, -0.2) is 9.53 Å². The summed E-state index contributed by atoms with van der Waals surface area (Å²) in [5, 5.41) is 5.26. The lowest BCUT2D eigenvalue weighted by atomic mass is 9.83. The molecule has 2 aromatic carbocycles. The van der Waals surface area contributed by atoms with Crippen LogP contribution in [0.5, 0.6) is 5.75 Å². The maximum absolute atomic E-state index is 17.2. The maximum Gasteiger partial charge on any atom is 0.416 e. The second-order valence-corrected chi connectivity index (χ2v) is 15.1. The molecule has 0 spiro atoms. The number of anilines is 1. The number of ether oxygens (including phenoxy) is 1. The lowest BCUT2D eigenvalue weighted by Gasteiger charge is -2.40. The quantitative estimate of drug-likeness (QED) is 0.410. The van der Waals surface area contributed by atoms with Crippen molar-refractivity contribution >= 4 is 46.6 Å². The van der Waals surface area contributed by atoms with Gasteiger partial charge in [0.2, 0.25) is 5.67 Å². The molecule has 0 saturated carbocycles. The van der Waals surface area contributed by atoms with Crippen LogP contribution in [0.2, 0.25) is 0 Å². The van der Waals surface area contributed by atoms with Gasteiger partial charge in [-0.15, -0.1) is 24.8 Å². The monoisotopic (exact) mass is 741 g/mol. The number of carbonyl (C=O) groups is 1. The molecule has 3 saturated heterocycles. The van der Waals surface area contributed by atoms with Crippen molar-refractivity contribution in [2.24, 2.45) is 5.14 Å². The first-order chi connectivity index (χ1) is 21.4. The summed E-state index contributed by atoms with van der Waals surface area (Å²) in [5.41, 5.74) is -1.49. The lowest BCUT2D eigenvalue weighted by molar-refractivity contribution is -0.145. The molecule has 3 fully saturated rings. The molecule has 0 unspecified atom stereocenters. The van der Waals surface area contributed by atoms with Gasteiger partial charge in [0.1, 0.15) is 5.75 Å². The summed E-state index contributed by atoms with van der Waals surface area (Å²) in [6.07, 6.45) is -3.65. The van der Waals surface area contributed by atoms with E-state index >= 15 is 4.39 Å². The molecule has 0 bridgehead atoms. The smallest absolute Gasteiger partial charge is 0.416 e. The van der Waals surface area contributed by atoms with Crippen LogP contribution >= 0.6 is 24.8 Å². The van der Waals surface area contributed by atoms with Crippen LogP contribution in [0.15, 0.2) is 42.5 Å². The molecule has 3 heterocycles. The van der Waals surface area contributed by atoms with Gasteiger partial charge < -0.3 is 14.5 Å². The molecule has 16 heteroatoms. The summed E-state index contributed by atoms with van der Waals surface area (Å²) in [5.74, 6) is -0.771. The van der Waals surface area contributed by atoms with Crippen LogP contribution in [0.4, 0.5) is 23.2 Å². The van der Waals surface area contributed by atoms with Crippen molar-refractivity contribution in [3.8, 4) is 5.75 Å². The van der Waals surface area contributed by atoms with Gasteiger partial charge >= 0.3 is 6.18 Å². The third-order valence-corrected chi connectivity index (χ3v) is 10.8. The Balaban J connectivity index is 0.00000312. The van der Waals surface area contributed by atoms with E-state index in [-0.39, 0.29) is 82.1 Å². The van der Waals surface area contributed by atoms with Crippen molar-refractivity contribution in [3.63, 3.8) is 0 Å². The Morgan fingerprint density at radius 3 is 2.02 bits per heavy atom. The van der Waals surface area contributed by atoms with Crippen LogP contribution in [0.25, 0.3) is 0 Å². The van der Waals surface area contributed by atoms with Crippen LogP contribution < -0.4 is 14.8 Å². The molecule has 270 valence electrons. The van der Waals surface area contributed by atoms with E-state index in [2.05, 4.69) is 0 Å². The van der Waals surface area contributed by atoms with Gasteiger partial charge in [0.25, 0.3) is 16.1 Å². The zero-order valence-corrected chi connectivity index (χ0v) is 30.0. The number of carbonyl (C=O) groups excluding carboxylic acids is 1. The fraction of sp³-hybridized carbons (Fsp3) is 0.594. The third kappa shape index (κ3) is 8.32. The topological polar surface area (TPSA) is 99.4 Å². The fourth-order valence-electron chi connectivity index (χ4n) is 6.93. The third-order valence-electron chi connectivity index (χ3n) is 9.72. The number of halogens is 6. The zero-order chi connectivity index (χ0) is 33.7. The van der Waals surface area contributed by atoms with Gasteiger partial charge in [-0.2, -0.15) is 25.9 Å². The van der Waals surface area contributed by atoms with Gasteiger partial charge in [-0.1, -0.05) is 18.2 Å². The summed E-state index contributed by atoms with van der Waals surface area (Å²) in [7, 11) is -2.35. The van der Waals surface area contributed by atoms with E-state index < -0.39 is 39.4 Å². The highest BCUT2D eigenvalue weighted by Gasteiger charge is 2.57. The molecule has 5 rings (SSSR count). The predicted octanol–water partition coefficient (Wildman–Crippen LogP) is 5.20. The zero-order valence-electron chi connectivity index (χ0n) is 27.5. The molecule has 3 aliphatic rings. The van der Waals surface area contributed by atoms with Gasteiger partial charge in [0.05, 0.1) is 12.7 Å². The molecule has 0 aromatic heterocycles. The lowest BCUT2D eigenvalue weighted by Crippen LogP contribution is -2.53. The second-order valence-electron chi connectivity index (χ2n) is 13.5. The van der Waals surface area contributed by atoms with Crippen molar-refractivity contribution < 1.29 is 35.5 Å². The van der Waals surface area contributed by atoms with E-state index in [1.165, 1.54) is 6.07 Å². The van der Waals surface area contributed by atoms with Crippen molar-refractivity contribution in [3.05, 3.63) is 59.2 Å². The van der Waals surface area contributed by atoms with E-state index in [1.54, 1.807) is 41.2 Å². The minimum Gasteiger partial charge on any atom is -0.497 e. The molecule has 0 aliphatic carbocycles. The molecule has 2 atom stereocenters. The number of benzene rings is 2. The minimum atomic E-state index is -4.55. The maximum atomic E-state index is 17.2. The average molecular weight is 743 g/mol. The molecule has 2 N–H and O–H groups in total. The number of hydrogen-bond acceptors (Lipinski definition) is 6. The Morgan fingerprint density at radius 1 is 0.938 bits per heavy atom. The van der Waals surface area contributed by atoms with Crippen molar-refractivity contribution in [1.82, 2.24) is 14.1 Å². The highest BCUT2D eigenvalue weighted by Crippen LogP contribution is 2.45. The van der Waals surface area contributed by atoms with Gasteiger partial charge in [0, 0.05) is 69.5 Å². The minimum absolute atomic E-state index is 0. The van der Waals surface area contributed by atoms with Gasteiger partial charge in [0.15, 0.2) is 0 Å². The number of likely N-dealkylation sites (tertiary alicyclic amines) is 2. The SMILES string of the molecule is COc1ccc([C@@H]2CN(C(C)(C)C)C[C@@]2(F)C(=O)N2CCC(c3ccc(C(F)(F)F)cc3N3CCN(S(N)(=O)=O)CC3)CC2)cc1.Cl.Cl. The van der Waals surface area contributed by atoms with E-state index in [0.29, 0.717) is 36.4 Å². The molecule has 9 nitrogen and oxygen atoms in total. The summed E-state index contributed by atoms with van der Waals surface area (Å²) in [6.45, 7) is 7.33. The number of nitrogens with two attached hydrogens (primary N) is 1. The normalized spacial score (nSPS) is 23.4. The largest absolute Gasteiger partial charge is 0.497 e. The predicted molar refractivity (Wildman–Crippen MR) is 182 cm³/mol. The fourth-order valence-corrected chi connectivity index (χ4v) is 7.60. The molecule has 3 aliphatic heterocycles. The highest BCUT2D eigenvalue weighted by atomic mass is 35.5. The first-order valence-corrected chi connectivity index (χ1v) is 17.0. The molecule has 48 heavy (non-hydrogen) atoms. The first-order valence-electron chi connectivity index (χ1n) is 15.5. The van der Waals surface area contributed by atoms with Gasteiger partial charge in [-0.05, 0) is 74.9 Å². The first kappa shape index (κ1) is 40.1. The number of piperidine rings is 1. The van der Waals surface area contributed by atoms with Crippen LogP contribution in [-0.4, -0.2) is 99.1 Å². The Bertz CT molecular complexity index is 1530. The van der Waals surface area contributed by atoms with Crippen LogP contribution in [0.3, 0.4) is 0 Å². The second kappa shape index (κ2) is 14.9. The van der Waals surface area contributed by atoms with Crippen LogP contribution in [0, 0.1) is 0 Å². The van der Waals surface area contributed by atoms with Crippen molar-refractivity contribution in [2.75, 3.05) is 64.4 Å². The van der Waals surface area contributed by atoms with Crippen molar-refractivity contribution in [2.45, 2.75) is 62.8 Å². The number of alkyl halides is 4. The molecular weight excluding hydrogens is 697 g/mol. The number of piperazine rings is 1. The number of nitrogens with zero attached hydrogens (tertiary/aromatic N) is 4. The number of amides is 1. The van der Waals surface area contributed by atoms with Crippen molar-refractivity contribution in [1.29, 1.82) is 0 Å². The molecule has 1 amide bonds. The number of rotatable bonds is 6. The highest BCUT2D eigenvalue weighted by molar-refractivity contribution is 7.86. The summed E-state index contributed by atoms with van der Waals surface area (Å²) >= 11 is 0. The Kier molecular flexibility index (Phi) is 12.4. The summed E-state index contributed by atoms with van der Waals surface area (Å²) in [6, 6.07) is 10.8. The number of methoxy groups -OCH3 is 1. The Morgan fingerprint density at radius 2 is 1.52 bits per heavy atom. The van der Waals surface area contributed by atoms with Crippen LogP contribution in [0.1, 0.15) is 62.1 Å². The Hall–Kier alpha value is -2.36. The standard InChI is InChI=1S/C32H43F4N5O4S.2ClH/c1-30(2,3)40-20-27(23-5-8-25(45-4)9-6-23)31(33,21-40)29(42)39-13-11-22(12-14-39)26-10-7-24(32(34,35)36)19-28(26)38-15-17-41(18-16-38)46(37,43)44;;/h5-10,19,22,27H,11-18,20-21H2,1-4H3,(H2,37,43,44);2*1H/t27-,31-;;/m0../s1. The van der Waals surface area contributed by atoms with E-state index in [9.17, 15) is 26.4 Å². The van der Waals surface area contributed by atoms with Gasteiger partial charge in [-0.3, -0.25) is 9.69 Å². The molecule has 0 radical (unpaired) electrons. The Labute approximate surface area is 292 Å². The molecular formula is C32H45Cl2F4N5O4S. The molecule has 2 aromatic rings. The summed E-state index contributed by atoms with van der Waals surface area (Å²) in [4.78, 5) is 19.4. The number of hydrogen-bond donors (Lipinski definition) is 1.